The Hall–Kier alpha value is -1.02. The third kappa shape index (κ3) is 2.32. The maximum atomic E-state index is 9.62. The molecule has 0 amide bonds. The Balaban J connectivity index is 2.18. The molecule has 2 aliphatic rings. The van der Waals surface area contributed by atoms with Crippen molar-refractivity contribution in [1.82, 2.24) is 0 Å². The van der Waals surface area contributed by atoms with E-state index in [0.717, 1.165) is 25.7 Å². The molecular weight excluding hydrogens is 208 g/mol. The lowest BCUT2D eigenvalue weighted by atomic mass is 9.65. The molecule has 0 spiro atoms. The van der Waals surface area contributed by atoms with Crippen molar-refractivity contribution in [2.45, 2.75) is 69.7 Å². The highest BCUT2D eigenvalue weighted by atomic mass is 14.8. The van der Waals surface area contributed by atoms with Crippen LogP contribution in [0.1, 0.15) is 64.2 Å². The first-order chi connectivity index (χ1) is 8.33. The molecule has 0 bridgehead atoms. The molecule has 0 heterocycles. The molecule has 0 aromatic carbocycles. The highest BCUT2D eigenvalue weighted by Gasteiger charge is 2.52. The molecule has 2 nitrogen and oxygen atoms in total. The molecule has 0 aliphatic heterocycles. The normalized spacial score (nSPS) is 23.9. The van der Waals surface area contributed by atoms with Gasteiger partial charge in [0.15, 0.2) is 6.07 Å². The largest absolute Gasteiger partial charge is 0.321 e. The summed E-state index contributed by atoms with van der Waals surface area (Å²) in [7, 11) is 0. The van der Waals surface area contributed by atoms with Gasteiger partial charge in [-0.3, -0.25) is 4.85 Å². The topological polar surface area (TPSA) is 28.1 Å². The summed E-state index contributed by atoms with van der Waals surface area (Å²) in [6.07, 6.45) is 11.9. The van der Waals surface area contributed by atoms with Crippen LogP contribution in [0.25, 0.3) is 4.85 Å². The second-order valence-corrected chi connectivity index (χ2v) is 5.72. The highest BCUT2D eigenvalue weighted by Crippen LogP contribution is 2.45. The van der Waals surface area contributed by atoms with E-state index in [2.05, 4.69) is 10.9 Å². The fourth-order valence-corrected chi connectivity index (χ4v) is 3.81. The zero-order chi connectivity index (χ0) is 12.1. The lowest BCUT2D eigenvalue weighted by Gasteiger charge is -2.35. The smallest absolute Gasteiger partial charge is 0.294 e. The Labute approximate surface area is 105 Å². The van der Waals surface area contributed by atoms with Crippen molar-refractivity contribution in [3.05, 3.63) is 11.4 Å². The number of hydrogen-bond donors (Lipinski definition) is 0. The summed E-state index contributed by atoms with van der Waals surface area (Å²) in [6, 6.07) is 2.45. The molecule has 92 valence electrons. The Kier molecular flexibility index (Phi) is 4.06. The Bertz CT molecular complexity index is 288. The van der Waals surface area contributed by atoms with Crippen LogP contribution in [-0.4, -0.2) is 5.54 Å². The summed E-state index contributed by atoms with van der Waals surface area (Å²) >= 11 is 0. The van der Waals surface area contributed by atoms with Gasteiger partial charge in [0.1, 0.15) is 0 Å². The summed E-state index contributed by atoms with van der Waals surface area (Å²) in [5.41, 5.74) is -0.680. The average molecular weight is 230 g/mol. The number of nitriles is 1. The van der Waals surface area contributed by atoms with Crippen LogP contribution in [-0.2, 0) is 0 Å². The first-order valence-corrected chi connectivity index (χ1v) is 7.13. The zero-order valence-electron chi connectivity index (χ0n) is 10.6. The monoisotopic (exact) mass is 230 g/mol. The molecule has 0 unspecified atom stereocenters. The maximum absolute atomic E-state index is 9.62. The lowest BCUT2D eigenvalue weighted by Crippen LogP contribution is -2.42. The van der Waals surface area contributed by atoms with Crippen LogP contribution < -0.4 is 0 Å². The van der Waals surface area contributed by atoms with Crippen molar-refractivity contribution in [3.63, 3.8) is 0 Å². The van der Waals surface area contributed by atoms with Gasteiger partial charge >= 0.3 is 5.54 Å². The summed E-state index contributed by atoms with van der Waals surface area (Å²) in [4.78, 5) is 3.87. The number of hydrogen-bond acceptors (Lipinski definition) is 1. The fourth-order valence-electron chi connectivity index (χ4n) is 3.81. The summed E-state index contributed by atoms with van der Waals surface area (Å²) in [5.74, 6) is 0.698. The van der Waals surface area contributed by atoms with Crippen molar-refractivity contribution >= 4 is 0 Å². The van der Waals surface area contributed by atoms with Crippen molar-refractivity contribution in [3.8, 4) is 6.07 Å². The van der Waals surface area contributed by atoms with Crippen molar-refractivity contribution in [1.29, 1.82) is 5.26 Å². The van der Waals surface area contributed by atoms with E-state index in [1.807, 2.05) is 0 Å². The standard InChI is InChI=1S/C15H22N2/c1-17-15(12-16,13-8-4-2-5-9-13)14-10-6-3-7-11-14/h13-14H,2-11H2. The molecule has 2 heteroatoms. The first-order valence-electron chi connectivity index (χ1n) is 7.13. The van der Waals surface area contributed by atoms with Gasteiger partial charge in [-0.15, -0.1) is 0 Å². The molecule has 17 heavy (non-hydrogen) atoms. The molecule has 0 saturated heterocycles. The van der Waals surface area contributed by atoms with Gasteiger partial charge < -0.3 is 0 Å². The van der Waals surface area contributed by atoms with E-state index in [-0.39, 0.29) is 0 Å². The Morgan fingerprint density at radius 1 is 0.882 bits per heavy atom. The molecule has 2 fully saturated rings. The predicted molar refractivity (Wildman–Crippen MR) is 68.1 cm³/mol. The quantitative estimate of drug-likeness (QED) is 0.649. The number of nitrogens with zero attached hydrogens (tertiary/aromatic N) is 2. The van der Waals surface area contributed by atoms with Gasteiger partial charge in [0.2, 0.25) is 0 Å². The average Bonchev–Trinajstić information content (AvgIpc) is 2.43. The van der Waals surface area contributed by atoms with E-state index in [1.165, 1.54) is 38.5 Å². The summed E-state index contributed by atoms with van der Waals surface area (Å²) < 4.78 is 0. The minimum absolute atomic E-state index is 0.349. The van der Waals surface area contributed by atoms with Crippen LogP contribution in [0.15, 0.2) is 0 Å². The second kappa shape index (κ2) is 5.54. The maximum Gasteiger partial charge on any atom is 0.321 e. The van der Waals surface area contributed by atoms with Gasteiger partial charge in [-0.25, -0.2) is 6.57 Å². The Morgan fingerprint density at radius 3 is 1.59 bits per heavy atom. The van der Waals surface area contributed by atoms with E-state index in [9.17, 15) is 5.26 Å². The minimum atomic E-state index is -0.680. The fraction of sp³-hybridized carbons (Fsp3) is 0.867. The molecule has 0 N–H and O–H groups in total. The van der Waals surface area contributed by atoms with E-state index < -0.39 is 5.54 Å². The molecule has 2 saturated carbocycles. The molecule has 0 aromatic heterocycles. The molecule has 0 atom stereocenters. The van der Waals surface area contributed by atoms with Crippen molar-refractivity contribution < 1.29 is 0 Å². The summed E-state index contributed by atoms with van der Waals surface area (Å²) in [5, 5.41) is 9.62. The van der Waals surface area contributed by atoms with Gasteiger partial charge in [-0.1, -0.05) is 38.5 Å². The van der Waals surface area contributed by atoms with Gasteiger partial charge in [-0.2, -0.15) is 5.26 Å². The van der Waals surface area contributed by atoms with Crippen LogP contribution in [0.3, 0.4) is 0 Å². The van der Waals surface area contributed by atoms with Crippen molar-refractivity contribution in [2.24, 2.45) is 11.8 Å². The third-order valence-electron chi connectivity index (χ3n) is 4.82. The van der Waals surface area contributed by atoms with Crippen LogP contribution >= 0.6 is 0 Å². The van der Waals surface area contributed by atoms with E-state index >= 15 is 0 Å². The second-order valence-electron chi connectivity index (χ2n) is 5.72. The first kappa shape index (κ1) is 12.4. The van der Waals surface area contributed by atoms with E-state index in [4.69, 9.17) is 6.57 Å². The third-order valence-corrected chi connectivity index (χ3v) is 4.82. The molecular formula is C15H22N2. The number of rotatable bonds is 2. The van der Waals surface area contributed by atoms with E-state index in [0.29, 0.717) is 11.8 Å². The summed E-state index contributed by atoms with van der Waals surface area (Å²) in [6.45, 7) is 7.58. The molecule has 2 aliphatic carbocycles. The molecule has 0 radical (unpaired) electrons. The van der Waals surface area contributed by atoms with Crippen LogP contribution in [0.5, 0.6) is 0 Å². The molecule has 0 aromatic rings. The lowest BCUT2D eigenvalue weighted by molar-refractivity contribution is 0.182. The van der Waals surface area contributed by atoms with Gasteiger partial charge in [0.25, 0.3) is 0 Å². The van der Waals surface area contributed by atoms with E-state index in [1.54, 1.807) is 0 Å². The van der Waals surface area contributed by atoms with Crippen molar-refractivity contribution in [2.75, 3.05) is 0 Å². The predicted octanol–water partition coefficient (Wildman–Crippen LogP) is 4.33. The molecule has 2 rings (SSSR count). The SMILES string of the molecule is [C-]#[N+]C(C#N)(C1CCCCC1)C1CCCCC1. The van der Waals surface area contributed by atoms with Gasteiger partial charge in [0.05, 0.1) is 11.8 Å². The van der Waals surface area contributed by atoms with Gasteiger partial charge in [-0.05, 0) is 25.7 Å². The Morgan fingerprint density at radius 2 is 1.29 bits per heavy atom. The highest BCUT2D eigenvalue weighted by molar-refractivity contribution is 5.22. The van der Waals surface area contributed by atoms with Gasteiger partial charge in [0, 0.05) is 0 Å². The minimum Gasteiger partial charge on any atom is -0.294 e. The zero-order valence-corrected chi connectivity index (χ0v) is 10.6. The van der Waals surface area contributed by atoms with Crippen LogP contribution in [0.4, 0.5) is 0 Å². The van der Waals surface area contributed by atoms with Crippen LogP contribution in [0.2, 0.25) is 0 Å². The van der Waals surface area contributed by atoms with Crippen LogP contribution in [0, 0.1) is 29.7 Å².